The number of hydrogen-bond donors (Lipinski definition) is 1. The lowest BCUT2D eigenvalue weighted by Crippen LogP contribution is -2.24. The summed E-state index contributed by atoms with van der Waals surface area (Å²) in [6.45, 7) is 4.18. The van der Waals surface area contributed by atoms with E-state index in [0.29, 0.717) is 18.1 Å². The predicted octanol–water partition coefficient (Wildman–Crippen LogP) is 4.43. The molecule has 0 saturated carbocycles. The first kappa shape index (κ1) is 20.9. The van der Waals surface area contributed by atoms with Crippen molar-refractivity contribution < 1.29 is 18.0 Å². The molecule has 152 valence electrons. The van der Waals surface area contributed by atoms with E-state index in [9.17, 15) is 18.0 Å². The molecule has 3 aromatic rings. The van der Waals surface area contributed by atoms with Crippen LogP contribution in [0.2, 0.25) is 0 Å². The van der Waals surface area contributed by atoms with Crippen molar-refractivity contribution in [1.82, 2.24) is 14.8 Å². The summed E-state index contributed by atoms with van der Waals surface area (Å²) in [6, 6.07) is 11.6. The SMILES string of the molecule is CCn1c(Cc2ccccc2)nnc1SC(C)C(=O)Nc1ccc(F)c(F)c1F. The summed E-state index contributed by atoms with van der Waals surface area (Å²) in [4.78, 5) is 12.4. The van der Waals surface area contributed by atoms with Gasteiger partial charge >= 0.3 is 0 Å². The Morgan fingerprint density at radius 2 is 1.83 bits per heavy atom. The Morgan fingerprint density at radius 3 is 2.52 bits per heavy atom. The molecule has 0 radical (unpaired) electrons. The summed E-state index contributed by atoms with van der Waals surface area (Å²) in [5.74, 6) is -4.17. The van der Waals surface area contributed by atoms with Gasteiger partial charge in [-0.15, -0.1) is 10.2 Å². The summed E-state index contributed by atoms with van der Waals surface area (Å²) in [5.41, 5.74) is 0.675. The third-order valence-electron chi connectivity index (χ3n) is 4.26. The molecule has 3 rings (SSSR count). The van der Waals surface area contributed by atoms with E-state index in [2.05, 4.69) is 15.5 Å². The third kappa shape index (κ3) is 4.79. The Labute approximate surface area is 170 Å². The second-order valence-electron chi connectivity index (χ2n) is 6.28. The molecule has 1 unspecified atom stereocenters. The van der Waals surface area contributed by atoms with Crippen LogP contribution in [0.25, 0.3) is 0 Å². The summed E-state index contributed by atoms with van der Waals surface area (Å²) < 4.78 is 42.1. The van der Waals surface area contributed by atoms with Gasteiger partial charge < -0.3 is 9.88 Å². The molecule has 29 heavy (non-hydrogen) atoms. The monoisotopic (exact) mass is 420 g/mol. The molecular formula is C20H19F3N4OS. The zero-order valence-corrected chi connectivity index (χ0v) is 16.6. The molecule has 0 bridgehead atoms. The number of aromatic nitrogens is 3. The molecule has 5 nitrogen and oxygen atoms in total. The van der Waals surface area contributed by atoms with Crippen LogP contribution < -0.4 is 5.32 Å². The fourth-order valence-electron chi connectivity index (χ4n) is 2.70. The van der Waals surface area contributed by atoms with Crippen LogP contribution in [0.15, 0.2) is 47.6 Å². The average Bonchev–Trinajstić information content (AvgIpc) is 3.10. The Kier molecular flexibility index (Phi) is 6.58. The van der Waals surface area contributed by atoms with Crippen molar-refractivity contribution in [2.45, 2.75) is 37.2 Å². The van der Waals surface area contributed by atoms with Gasteiger partial charge in [0.05, 0.1) is 10.9 Å². The average molecular weight is 420 g/mol. The van der Waals surface area contributed by atoms with Gasteiger partial charge in [0.2, 0.25) is 5.91 Å². The summed E-state index contributed by atoms with van der Waals surface area (Å²) >= 11 is 1.15. The molecule has 1 amide bonds. The summed E-state index contributed by atoms with van der Waals surface area (Å²) in [5, 5.41) is 10.6. The maximum atomic E-state index is 13.8. The molecule has 0 fully saturated rings. The van der Waals surface area contributed by atoms with Gasteiger partial charge in [0.1, 0.15) is 5.82 Å². The van der Waals surface area contributed by atoms with Crippen LogP contribution in [0.4, 0.5) is 18.9 Å². The van der Waals surface area contributed by atoms with Crippen molar-refractivity contribution in [3.8, 4) is 0 Å². The fraction of sp³-hybridized carbons (Fsp3) is 0.250. The van der Waals surface area contributed by atoms with E-state index in [-0.39, 0.29) is 0 Å². The topological polar surface area (TPSA) is 59.8 Å². The van der Waals surface area contributed by atoms with Gasteiger partial charge in [0.25, 0.3) is 0 Å². The second kappa shape index (κ2) is 9.13. The predicted molar refractivity (Wildman–Crippen MR) is 105 cm³/mol. The second-order valence-corrected chi connectivity index (χ2v) is 7.59. The standard InChI is InChI=1S/C20H19F3N4OS/c1-3-27-16(11-13-7-5-4-6-8-13)25-26-20(27)29-12(2)19(28)24-15-10-9-14(21)17(22)18(15)23/h4-10,12H,3,11H2,1-2H3,(H,24,28). The molecule has 2 aromatic carbocycles. The van der Waals surface area contributed by atoms with Gasteiger partial charge in [-0.3, -0.25) is 4.79 Å². The lowest BCUT2D eigenvalue weighted by atomic mass is 10.1. The van der Waals surface area contributed by atoms with Gasteiger partial charge in [-0.25, -0.2) is 13.2 Å². The molecule has 9 heteroatoms. The first-order valence-electron chi connectivity index (χ1n) is 8.97. The molecule has 0 aliphatic heterocycles. The molecule has 0 aliphatic rings. The van der Waals surface area contributed by atoms with E-state index in [1.165, 1.54) is 0 Å². The fourth-order valence-corrected chi connectivity index (χ4v) is 3.63. The molecule has 0 aliphatic carbocycles. The largest absolute Gasteiger partial charge is 0.323 e. The minimum atomic E-state index is -1.63. The van der Waals surface area contributed by atoms with Crippen LogP contribution in [-0.4, -0.2) is 25.9 Å². The van der Waals surface area contributed by atoms with Crippen molar-refractivity contribution in [2.75, 3.05) is 5.32 Å². The molecule has 1 heterocycles. The first-order chi connectivity index (χ1) is 13.9. The molecule has 0 saturated heterocycles. The van der Waals surface area contributed by atoms with Gasteiger partial charge in [0.15, 0.2) is 22.6 Å². The summed E-state index contributed by atoms with van der Waals surface area (Å²) in [6.07, 6.45) is 0.600. The Bertz CT molecular complexity index is 1010. The quantitative estimate of drug-likeness (QED) is 0.454. The maximum Gasteiger partial charge on any atom is 0.237 e. The van der Waals surface area contributed by atoms with Gasteiger partial charge in [-0.1, -0.05) is 42.1 Å². The van der Waals surface area contributed by atoms with Crippen molar-refractivity contribution in [3.05, 3.63) is 71.3 Å². The van der Waals surface area contributed by atoms with Crippen LogP contribution in [0.1, 0.15) is 25.2 Å². The van der Waals surface area contributed by atoms with Crippen molar-refractivity contribution >= 4 is 23.4 Å². The van der Waals surface area contributed by atoms with E-state index in [1.54, 1.807) is 6.92 Å². The van der Waals surface area contributed by atoms with Gasteiger partial charge in [-0.2, -0.15) is 0 Å². The highest BCUT2D eigenvalue weighted by atomic mass is 32.2. The van der Waals surface area contributed by atoms with E-state index < -0.39 is 34.3 Å². The Balaban J connectivity index is 1.71. The zero-order valence-electron chi connectivity index (χ0n) is 15.8. The first-order valence-corrected chi connectivity index (χ1v) is 9.85. The minimum absolute atomic E-state index is 0.414. The number of nitrogens with zero attached hydrogens (tertiary/aromatic N) is 3. The molecule has 1 atom stereocenters. The van der Waals surface area contributed by atoms with E-state index >= 15 is 0 Å². The van der Waals surface area contributed by atoms with Gasteiger partial charge in [0, 0.05) is 13.0 Å². The van der Waals surface area contributed by atoms with E-state index in [0.717, 1.165) is 35.3 Å². The van der Waals surface area contributed by atoms with E-state index in [1.807, 2.05) is 41.8 Å². The number of carbonyl (C=O) groups is 1. The number of carbonyl (C=O) groups excluding carboxylic acids is 1. The minimum Gasteiger partial charge on any atom is -0.323 e. The molecule has 1 N–H and O–H groups in total. The van der Waals surface area contributed by atoms with Crippen LogP contribution in [0, 0.1) is 17.5 Å². The number of amides is 1. The number of hydrogen-bond acceptors (Lipinski definition) is 4. The van der Waals surface area contributed by atoms with Crippen LogP contribution >= 0.6 is 11.8 Å². The zero-order chi connectivity index (χ0) is 21.0. The molecular weight excluding hydrogens is 401 g/mol. The molecule has 1 aromatic heterocycles. The number of rotatable bonds is 7. The molecule has 0 spiro atoms. The van der Waals surface area contributed by atoms with E-state index in [4.69, 9.17) is 0 Å². The number of thioether (sulfide) groups is 1. The summed E-state index contributed by atoms with van der Waals surface area (Å²) in [7, 11) is 0. The maximum absolute atomic E-state index is 13.8. The third-order valence-corrected chi connectivity index (χ3v) is 5.34. The van der Waals surface area contributed by atoms with Crippen LogP contribution in [-0.2, 0) is 17.8 Å². The van der Waals surface area contributed by atoms with Crippen LogP contribution in [0.5, 0.6) is 0 Å². The highest BCUT2D eigenvalue weighted by Crippen LogP contribution is 2.26. The number of halogens is 3. The Hall–Kier alpha value is -2.81. The van der Waals surface area contributed by atoms with Crippen molar-refractivity contribution in [1.29, 1.82) is 0 Å². The Morgan fingerprint density at radius 1 is 1.10 bits per heavy atom. The normalized spacial score (nSPS) is 12.0. The van der Waals surface area contributed by atoms with Crippen molar-refractivity contribution in [2.24, 2.45) is 0 Å². The highest BCUT2D eigenvalue weighted by molar-refractivity contribution is 8.00. The number of benzene rings is 2. The van der Waals surface area contributed by atoms with Crippen LogP contribution in [0.3, 0.4) is 0 Å². The smallest absolute Gasteiger partial charge is 0.237 e. The van der Waals surface area contributed by atoms with Gasteiger partial charge in [-0.05, 0) is 31.5 Å². The number of nitrogens with one attached hydrogen (secondary N) is 1. The van der Waals surface area contributed by atoms with Crippen molar-refractivity contribution in [3.63, 3.8) is 0 Å². The lowest BCUT2D eigenvalue weighted by Gasteiger charge is -2.13. The highest BCUT2D eigenvalue weighted by Gasteiger charge is 2.22. The number of anilines is 1. The lowest BCUT2D eigenvalue weighted by molar-refractivity contribution is -0.115.